The van der Waals surface area contributed by atoms with Crippen molar-refractivity contribution in [3.63, 3.8) is 0 Å². The van der Waals surface area contributed by atoms with Gasteiger partial charge in [-0.1, -0.05) is 11.6 Å². The number of nitrogens with one attached hydrogen (secondary N) is 1. The van der Waals surface area contributed by atoms with Gasteiger partial charge < -0.3 is 9.80 Å². The Hall–Kier alpha value is -1.98. The van der Waals surface area contributed by atoms with Crippen LogP contribution in [0.3, 0.4) is 0 Å². The standard InChI is InChI=1S/C24H27ClN4O3S3/c25-22-3-1-20(33-22)21-2-4-23(34-21)35(31,32)27-15-17-7-12-29(16-17)24(30)18-8-13-28(14-9-18)19-5-10-26-11-6-19/h1-6,10-11,17-18,27H,7-9,12-16H2/t17-/m0/s1. The lowest BCUT2D eigenvalue weighted by Crippen LogP contribution is -2.42. The number of likely N-dealkylation sites (tertiary alicyclic amines) is 1. The van der Waals surface area contributed by atoms with E-state index in [-0.39, 0.29) is 17.7 Å². The number of carbonyl (C=O) groups is 1. The van der Waals surface area contributed by atoms with E-state index in [2.05, 4.69) is 14.6 Å². The molecule has 2 aliphatic rings. The summed E-state index contributed by atoms with van der Waals surface area (Å²) >= 11 is 8.68. The molecule has 0 bridgehead atoms. The number of rotatable bonds is 7. The fourth-order valence-electron chi connectivity index (χ4n) is 4.74. The summed E-state index contributed by atoms with van der Waals surface area (Å²) in [5.74, 6) is 0.377. The van der Waals surface area contributed by atoms with Gasteiger partial charge >= 0.3 is 0 Å². The molecule has 2 aliphatic heterocycles. The Morgan fingerprint density at radius 2 is 1.71 bits per heavy atom. The van der Waals surface area contributed by atoms with Gasteiger partial charge in [0.15, 0.2) is 0 Å². The molecule has 2 fully saturated rings. The van der Waals surface area contributed by atoms with Crippen LogP contribution in [-0.2, 0) is 14.8 Å². The normalized spacial score (nSPS) is 19.4. The average molecular weight is 551 g/mol. The Morgan fingerprint density at radius 3 is 2.43 bits per heavy atom. The molecule has 7 nitrogen and oxygen atoms in total. The van der Waals surface area contributed by atoms with Crippen molar-refractivity contribution in [2.24, 2.45) is 11.8 Å². The first-order valence-electron chi connectivity index (χ1n) is 11.7. The highest BCUT2D eigenvalue weighted by Gasteiger charge is 2.33. The van der Waals surface area contributed by atoms with E-state index in [1.165, 1.54) is 22.7 Å². The molecule has 0 aliphatic carbocycles. The number of halogens is 1. The molecular formula is C24H27ClN4O3S3. The molecule has 11 heteroatoms. The van der Waals surface area contributed by atoms with Crippen molar-refractivity contribution in [3.8, 4) is 9.75 Å². The van der Waals surface area contributed by atoms with Crippen LogP contribution in [0.5, 0.6) is 0 Å². The van der Waals surface area contributed by atoms with E-state index >= 15 is 0 Å². The number of amides is 1. The second-order valence-corrected chi connectivity index (χ2v) is 13.8. The molecule has 0 radical (unpaired) electrons. The number of nitrogens with zero attached hydrogens (tertiary/aromatic N) is 3. The Bertz CT molecular complexity index is 1270. The number of pyridine rings is 1. The van der Waals surface area contributed by atoms with Crippen LogP contribution in [0, 0.1) is 11.8 Å². The molecule has 1 N–H and O–H groups in total. The molecule has 1 amide bonds. The van der Waals surface area contributed by atoms with Crippen molar-refractivity contribution >= 4 is 55.9 Å². The van der Waals surface area contributed by atoms with Gasteiger partial charge in [-0.05, 0) is 61.6 Å². The quantitative estimate of drug-likeness (QED) is 0.466. The van der Waals surface area contributed by atoms with Gasteiger partial charge in [-0.3, -0.25) is 9.78 Å². The fourth-order valence-corrected chi connectivity index (χ4v) is 8.34. The first-order valence-corrected chi connectivity index (χ1v) is 15.2. The first-order chi connectivity index (χ1) is 16.9. The maximum atomic E-state index is 13.1. The summed E-state index contributed by atoms with van der Waals surface area (Å²) in [6.07, 6.45) is 6.08. The molecule has 0 saturated carbocycles. The molecule has 0 aromatic carbocycles. The minimum absolute atomic E-state index is 0.0406. The number of carbonyl (C=O) groups excluding carboxylic acids is 1. The highest BCUT2D eigenvalue weighted by molar-refractivity contribution is 7.91. The Labute approximate surface area is 218 Å². The van der Waals surface area contributed by atoms with Crippen molar-refractivity contribution in [3.05, 3.63) is 53.1 Å². The largest absolute Gasteiger partial charge is 0.371 e. The van der Waals surface area contributed by atoms with Crippen LogP contribution >= 0.6 is 34.3 Å². The third kappa shape index (κ3) is 5.72. The van der Waals surface area contributed by atoms with Gasteiger partial charge in [0.25, 0.3) is 0 Å². The molecule has 0 spiro atoms. The van der Waals surface area contributed by atoms with Gasteiger partial charge in [0.1, 0.15) is 4.21 Å². The van der Waals surface area contributed by atoms with Crippen LogP contribution in [0.15, 0.2) is 53.0 Å². The van der Waals surface area contributed by atoms with Crippen LogP contribution in [0.1, 0.15) is 19.3 Å². The summed E-state index contributed by atoms with van der Waals surface area (Å²) in [5, 5.41) is 0. The molecule has 5 heterocycles. The maximum absolute atomic E-state index is 13.1. The molecule has 2 saturated heterocycles. The van der Waals surface area contributed by atoms with Crippen molar-refractivity contribution < 1.29 is 13.2 Å². The highest BCUT2D eigenvalue weighted by atomic mass is 35.5. The zero-order valence-electron chi connectivity index (χ0n) is 19.1. The van der Waals surface area contributed by atoms with Gasteiger partial charge in [-0.2, -0.15) is 0 Å². The smallest absolute Gasteiger partial charge is 0.250 e. The number of hydrogen-bond donors (Lipinski definition) is 1. The Morgan fingerprint density at radius 1 is 1.00 bits per heavy atom. The zero-order valence-corrected chi connectivity index (χ0v) is 22.3. The predicted octanol–water partition coefficient (Wildman–Crippen LogP) is 4.57. The van der Waals surface area contributed by atoms with Crippen LogP contribution in [0.25, 0.3) is 9.75 Å². The van der Waals surface area contributed by atoms with Gasteiger partial charge in [0.2, 0.25) is 15.9 Å². The molecule has 1 atom stereocenters. The molecule has 3 aromatic rings. The SMILES string of the molecule is O=C(C1CCN(c2ccncc2)CC1)N1CC[C@@H](CNS(=O)(=O)c2ccc(-c3ccc(Cl)s3)s2)C1. The summed E-state index contributed by atoms with van der Waals surface area (Å²) in [5.41, 5.74) is 1.15. The lowest BCUT2D eigenvalue weighted by atomic mass is 9.95. The third-order valence-corrected chi connectivity index (χ3v) is 11.1. The van der Waals surface area contributed by atoms with Crippen LogP contribution in [0.4, 0.5) is 5.69 Å². The number of aromatic nitrogens is 1. The summed E-state index contributed by atoms with van der Waals surface area (Å²) < 4.78 is 29.4. The average Bonchev–Trinajstić information content (AvgIpc) is 3.64. The molecule has 0 unspecified atom stereocenters. The summed E-state index contributed by atoms with van der Waals surface area (Å²) in [7, 11) is -3.59. The molecule has 3 aromatic heterocycles. The van der Waals surface area contributed by atoms with Gasteiger partial charge in [-0.15, -0.1) is 22.7 Å². The molecule has 186 valence electrons. The highest BCUT2D eigenvalue weighted by Crippen LogP contribution is 2.36. The van der Waals surface area contributed by atoms with Crippen LogP contribution in [0.2, 0.25) is 4.34 Å². The lowest BCUT2D eigenvalue weighted by molar-refractivity contribution is -0.135. The lowest BCUT2D eigenvalue weighted by Gasteiger charge is -2.34. The van der Waals surface area contributed by atoms with Crippen molar-refractivity contribution in [2.45, 2.75) is 23.5 Å². The maximum Gasteiger partial charge on any atom is 0.250 e. The minimum Gasteiger partial charge on any atom is -0.371 e. The van der Waals surface area contributed by atoms with Crippen molar-refractivity contribution in [2.75, 3.05) is 37.6 Å². The van der Waals surface area contributed by atoms with Gasteiger partial charge in [0, 0.05) is 66.5 Å². The summed E-state index contributed by atoms with van der Waals surface area (Å²) in [6, 6.07) is 11.2. The first kappa shape index (κ1) is 24.7. The Kier molecular flexibility index (Phi) is 7.45. The van der Waals surface area contributed by atoms with Gasteiger partial charge in [0.05, 0.1) is 4.34 Å². The van der Waals surface area contributed by atoms with Gasteiger partial charge in [-0.25, -0.2) is 13.1 Å². The zero-order chi connectivity index (χ0) is 24.4. The van der Waals surface area contributed by atoms with Crippen LogP contribution < -0.4 is 9.62 Å². The second-order valence-electron chi connectivity index (χ2n) is 8.98. The topological polar surface area (TPSA) is 82.6 Å². The van der Waals surface area contributed by atoms with E-state index in [4.69, 9.17) is 11.6 Å². The number of thiophene rings is 2. The Balaban J connectivity index is 1.11. The molecular weight excluding hydrogens is 524 g/mol. The van der Waals surface area contributed by atoms with E-state index < -0.39 is 10.0 Å². The number of anilines is 1. The van der Waals surface area contributed by atoms with E-state index in [0.717, 1.165) is 47.8 Å². The number of hydrogen-bond acceptors (Lipinski definition) is 7. The monoisotopic (exact) mass is 550 g/mol. The number of piperidine rings is 1. The third-order valence-electron chi connectivity index (χ3n) is 6.69. The summed E-state index contributed by atoms with van der Waals surface area (Å²) in [4.78, 5) is 23.2. The van der Waals surface area contributed by atoms with E-state index in [0.29, 0.717) is 28.2 Å². The molecule has 35 heavy (non-hydrogen) atoms. The van der Waals surface area contributed by atoms with E-state index in [1.807, 2.05) is 35.2 Å². The van der Waals surface area contributed by atoms with Crippen molar-refractivity contribution in [1.29, 1.82) is 0 Å². The predicted molar refractivity (Wildman–Crippen MR) is 142 cm³/mol. The van der Waals surface area contributed by atoms with E-state index in [1.54, 1.807) is 18.5 Å². The number of sulfonamides is 1. The summed E-state index contributed by atoms with van der Waals surface area (Å²) in [6.45, 7) is 3.36. The van der Waals surface area contributed by atoms with Crippen LogP contribution in [-0.4, -0.2) is 56.9 Å². The fraction of sp³-hybridized carbons (Fsp3) is 0.417. The second kappa shape index (κ2) is 10.6. The minimum atomic E-state index is -3.59. The van der Waals surface area contributed by atoms with E-state index in [9.17, 15) is 13.2 Å². The van der Waals surface area contributed by atoms with Crippen molar-refractivity contribution in [1.82, 2.24) is 14.6 Å². The molecule has 5 rings (SSSR count).